The van der Waals surface area contributed by atoms with Gasteiger partial charge in [0.25, 0.3) is 0 Å². The Labute approximate surface area is 195 Å². The third-order valence-corrected chi connectivity index (χ3v) is 7.37. The Bertz CT molecular complexity index is 1380. The quantitative estimate of drug-likeness (QED) is 0.365. The van der Waals surface area contributed by atoms with Crippen LogP contribution in [0.5, 0.6) is 0 Å². The van der Waals surface area contributed by atoms with Crippen LogP contribution in [0, 0.1) is 5.41 Å². The van der Waals surface area contributed by atoms with Gasteiger partial charge in [0.05, 0.1) is 23.1 Å². The Balaban J connectivity index is 1.41. The average Bonchev–Trinajstić information content (AvgIpc) is 3.48. The fourth-order valence-electron chi connectivity index (χ4n) is 5.12. The normalized spacial score (nSPS) is 22.1. The van der Waals surface area contributed by atoms with E-state index in [1.807, 2.05) is 36.4 Å². The second-order valence-corrected chi connectivity index (χ2v) is 10.7. The second-order valence-electron chi connectivity index (χ2n) is 9.70. The maximum Gasteiger partial charge on any atom is 0.174 e. The van der Waals surface area contributed by atoms with Crippen LogP contribution in [0.15, 0.2) is 68.4 Å². The molecular formula is C25H25N5O2S. The first kappa shape index (κ1) is 20.4. The summed E-state index contributed by atoms with van der Waals surface area (Å²) >= 11 is 1.44. The van der Waals surface area contributed by atoms with Gasteiger partial charge in [-0.3, -0.25) is 9.89 Å². The number of allylic oxidation sites excluding steroid dienone is 1. The van der Waals surface area contributed by atoms with E-state index in [0.717, 1.165) is 56.0 Å². The molecule has 3 aromatic heterocycles. The largest absolute Gasteiger partial charge is 0.453 e. The monoisotopic (exact) mass is 459 g/mol. The number of hydrogen-bond donors (Lipinski definition) is 3. The maximum absolute atomic E-state index is 13.5. The van der Waals surface area contributed by atoms with E-state index in [0.29, 0.717) is 6.42 Å². The number of furan rings is 1. The van der Waals surface area contributed by atoms with Gasteiger partial charge in [-0.2, -0.15) is 5.10 Å². The van der Waals surface area contributed by atoms with Crippen molar-refractivity contribution >= 4 is 34.4 Å². The summed E-state index contributed by atoms with van der Waals surface area (Å²) in [7, 11) is 0. The number of para-hydroxylation sites is 2. The molecule has 0 radical (unpaired) electrons. The molecule has 6 rings (SSSR count). The summed E-state index contributed by atoms with van der Waals surface area (Å²) < 4.78 is 6.34. The van der Waals surface area contributed by atoms with Crippen molar-refractivity contribution in [2.24, 2.45) is 5.41 Å². The molecule has 3 N–H and O–H groups in total. The number of carbonyl (C=O) groups is 1. The van der Waals surface area contributed by atoms with Crippen molar-refractivity contribution in [2.45, 2.75) is 55.8 Å². The number of nitrogens with zero attached hydrogens (tertiary/aromatic N) is 2. The van der Waals surface area contributed by atoms with E-state index in [-0.39, 0.29) is 23.2 Å². The molecular weight excluding hydrogens is 434 g/mol. The molecule has 1 aromatic carbocycles. The van der Waals surface area contributed by atoms with Gasteiger partial charge in [-0.15, -0.1) is 0 Å². The van der Waals surface area contributed by atoms with Gasteiger partial charge < -0.3 is 14.7 Å². The van der Waals surface area contributed by atoms with Crippen molar-refractivity contribution in [3.8, 4) is 0 Å². The van der Waals surface area contributed by atoms with Crippen LogP contribution >= 0.6 is 11.8 Å². The van der Waals surface area contributed by atoms with Crippen molar-refractivity contribution in [3.63, 3.8) is 0 Å². The Hall–Kier alpha value is -3.26. The Kier molecular flexibility index (Phi) is 4.55. The fraction of sp³-hybridized carbons (Fsp3) is 0.320. The lowest BCUT2D eigenvalue weighted by Gasteiger charge is -2.35. The van der Waals surface area contributed by atoms with Gasteiger partial charge in [0.1, 0.15) is 11.6 Å². The zero-order valence-electron chi connectivity index (χ0n) is 18.7. The Morgan fingerprint density at radius 3 is 2.85 bits per heavy atom. The summed E-state index contributed by atoms with van der Waals surface area (Å²) in [5.41, 5.74) is 4.80. The molecule has 1 unspecified atom stereocenters. The van der Waals surface area contributed by atoms with Crippen molar-refractivity contribution in [3.05, 3.63) is 65.1 Å². The molecule has 8 heteroatoms. The predicted molar refractivity (Wildman–Crippen MR) is 127 cm³/mol. The summed E-state index contributed by atoms with van der Waals surface area (Å²) in [5, 5.41) is 12.4. The smallest absolute Gasteiger partial charge is 0.174 e. The highest BCUT2D eigenvalue weighted by atomic mass is 32.2. The summed E-state index contributed by atoms with van der Waals surface area (Å²) in [5.74, 6) is 1.49. The Morgan fingerprint density at radius 1 is 1.15 bits per heavy atom. The van der Waals surface area contributed by atoms with Crippen LogP contribution < -0.4 is 5.32 Å². The van der Waals surface area contributed by atoms with E-state index in [2.05, 4.69) is 46.3 Å². The van der Waals surface area contributed by atoms with E-state index in [1.54, 1.807) is 6.20 Å². The van der Waals surface area contributed by atoms with Crippen molar-refractivity contribution in [2.75, 3.05) is 5.32 Å². The first-order chi connectivity index (χ1) is 15.9. The van der Waals surface area contributed by atoms with Crippen LogP contribution in [0.4, 0.5) is 5.82 Å². The van der Waals surface area contributed by atoms with Crippen LogP contribution in [-0.4, -0.2) is 32.0 Å². The van der Waals surface area contributed by atoms with E-state index in [4.69, 9.17) is 4.42 Å². The third kappa shape index (κ3) is 3.49. The van der Waals surface area contributed by atoms with Crippen LogP contribution in [-0.2, 0) is 4.79 Å². The molecule has 2 aliphatic rings. The van der Waals surface area contributed by atoms with Crippen LogP contribution in [0.1, 0.15) is 50.9 Å². The van der Waals surface area contributed by atoms with Gasteiger partial charge in [-0.05, 0) is 60.4 Å². The van der Waals surface area contributed by atoms with Gasteiger partial charge in [0.2, 0.25) is 0 Å². The van der Waals surface area contributed by atoms with E-state index in [9.17, 15) is 4.79 Å². The molecule has 0 saturated heterocycles. The minimum Gasteiger partial charge on any atom is -0.453 e. The highest BCUT2D eigenvalue weighted by Gasteiger charge is 2.42. The molecule has 4 heterocycles. The third-order valence-electron chi connectivity index (χ3n) is 6.56. The van der Waals surface area contributed by atoms with Gasteiger partial charge in [-0.25, -0.2) is 4.98 Å². The number of fused-ring (bicyclic) bond motifs is 2. The number of H-pyrrole nitrogens is 2. The number of Topliss-reactive ketones (excluding diaryl/α,β-unsaturated/α-hetero) is 1. The topological polar surface area (TPSA) is 99.6 Å². The van der Waals surface area contributed by atoms with Crippen LogP contribution in [0.25, 0.3) is 11.0 Å². The lowest BCUT2D eigenvalue weighted by molar-refractivity contribution is -0.118. The van der Waals surface area contributed by atoms with E-state index < -0.39 is 0 Å². The lowest BCUT2D eigenvalue weighted by Crippen LogP contribution is -2.32. The van der Waals surface area contributed by atoms with Crippen LogP contribution in [0.3, 0.4) is 0 Å². The second kappa shape index (κ2) is 7.38. The number of rotatable bonds is 3. The average molecular weight is 460 g/mol. The molecule has 0 spiro atoms. The lowest BCUT2D eigenvalue weighted by atomic mass is 9.69. The SMILES string of the molecule is C[C@H]1Nc2[nH]ncc2C(c2ccc(Sc3nc4ccccc4[nH]3)o2)C2=C1CC(C)(C)CC2=O. The molecule has 0 saturated carbocycles. The zero-order chi connectivity index (χ0) is 22.7. The molecule has 2 atom stereocenters. The molecule has 1 aliphatic heterocycles. The van der Waals surface area contributed by atoms with Crippen molar-refractivity contribution in [1.82, 2.24) is 20.2 Å². The summed E-state index contributed by atoms with van der Waals surface area (Å²) in [6.45, 7) is 6.44. The number of anilines is 1. The molecule has 7 nitrogen and oxygen atoms in total. The van der Waals surface area contributed by atoms with Gasteiger partial charge in [0, 0.05) is 23.6 Å². The first-order valence-electron chi connectivity index (χ1n) is 11.2. The first-order valence-corrected chi connectivity index (χ1v) is 12.0. The van der Waals surface area contributed by atoms with Gasteiger partial charge >= 0.3 is 0 Å². The van der Waals surface area contributed by atoms with Crippen LogP contribution in [0.2, 0.25) is 0 Å². The minimum atomic E-state index is -0.292. The number of aromatic amines is 2. The molecule has 0 fully saturated rings. The van der Waals surface area contributed by atoms with Gasteiger partial charge in [0.15, 0.2) is 16.0 Å². The van der Waals surface area contributed by atoms with Gasteiger partial charge in [-0.1, -0.05) is 26.0 Å². The molecule has 168 valence electrons. The number of aromatic nitrogens is 4. The number of ketones is 1. The molecule has 1 aliphatic carbocycles. The molecule has 4 aromatic rings. The summed E-state index contributed by atoms with van der Waals surface area (Å²) in [6.07, 6.45) is 3.21. The highest BCUT2D eigenvalue weighted by Crippen LogP contribution is 2.49. The standard InChI is InChI=1S/C25H25N5O2S/c1-13-14-10-25(2,3)11-18(31)21(14)22(15-12-26-30-23(15)27-13)19-8-9-20(32-19)33-24-28-16-6-4-5-7-17(16)29-24/h4-9,12-13,22H,10-11H2,1-3H3,(H,28,29)(H2,26,27,30)/t13-,22?/m1/s1. The minimum absolute atomic E-state index is 0.0343. The molecule has 0 amide bonds. The van der Waals surface area contributed by atoms with Crippen molar-refractivity contribution in [1.29, 1.82) is 0 Å². The maximum atomic E-state index is 13.5. The molecule has 33 heavy (non-hydrogen) atoms. The number of carbonyl (C=O) groups excluding carboxylic acids is 1. The predicted octanol–water partition coefficient (Wildman–Crippen LogP) is 5.66. The van der Waals surface area contributed by atoms with Crippen molar-refractivity contribution < 1.29 is 9.21 Å². The number of hydrogen-bond acceptors (Lipinski definition) is 6. The number of benzene rings is 1. The highest BCUT2D eigenvalue weighted by molar-refractivity contribution is 7.99. The molecule has 0 bridgehead atoms. The zero-order valence-corrected chi connectivity index (χ0v) is 19.5. The van der Waals surface area contributed by atoms with E-state index in [1.165, 1.54) is 11.8 Å². The summed E-state index contributed by atoms with van der Waals surface area (Å²) in [4.78, 5) is 21.4. The van der Waals surface area contributed by atoms with E-state index >= 15 is 0 Å². The number of nitrogens with one attached hydrogen (secondary N) is 3. The Morgan fingerprint density at radius 2 is 2.00 bits per heavy atom. The number of imidazole rings is 1. The summed E-state index contributed by atoms with van der Waals surface area (Å²) in [6, 6.07) is 11.9. The fourth-order valence-corrected chi connectivity index (χ4v) is 5.89.